The van der Waals surface area contributed by atoms with E-state index in [-0.39, 0.29) is 0 Å². The van der Waals surface area contributed by atoms with Crippen LogP contribution in [0.25, 0.3) is 0 Å². The van der Waals surface area contributed by atoms with Crippen molar-refractivity contribution in [2.75, 3.05) is 26.4 Å². The molecule has 0 aliphatic rings. The summed E-state index contributed by atoms with van der Waals surface area (Å²) in [5.41, 5.74) is -2.19. The fraction of sp³-hybridized carbons (Fsp3) is 0.520. The van der Waals surface area contributed by atoms with Crippen LogP contribution >= 0.6 is 0 Å². The lowest BCUT2D eigenvalue weighted by Crippen LogP contribution is -2.47. The molecule has 4 atom stereocenters. The quantitative estimate of drug-likeness (QED) is 0.118. The molecule has 256 valence electrons. The number of hydrogen-bond acceptors (Lipinski definition) is 16. The molecule has 0 heterocycles. The predicted octanol–water partition coefficient (Wildman–Crippen LogP) is -0.0672. The number of carbonyl (C=O) groups excluding carboxylic acids is 4. The number of ether oxygens (including phenoxy) is 4. The average molecular weight is 721 g/mol. The van der Waals surface area contributed by atoms with Crippen molar-refractivity contribution in [1.82, 2.24) is 0 Å². The lowest BCUT2D eigenvalue weighted by molar-refractivity contribution is -0.169. The third-order valence-electron chi connectivity index (χ3n) is 6.31. The van der Waals surface area contributed by atoms with Crippen LogP contribution in [-0.4, -0.2) is 105 Å². The third kappa shape index (κ3) is 11.5. The minimum atomic E-state index is -4.23. The van der Waals surface area contributed by atoms with E-state index in [0.29, 0.717) is 21.6 Å². The number of sulfone groups is 4. The molecule has 45 heavy (non-hydrogen) atoms. The van der Waals surface area contributed by atoms with Crippen LogP contribution in [0.3, 0.4) is 0 Å². The van der Waals surface area contributed by atoms with Crippen molar-refractivity contribution in [3.8, 4) is 0 Å². The molecule has 20 heteroatoms. The summed E-state index contributed by atoms with van der Waals surface area (Å²) in [5.74, 6) is -5.63. The van der Waals surface area contributed by atoms with Crippen molar-refractivity contribution < 1.29 is 71.8 Å². The van der Waals surface area contributed by atoms with E-state index in [0.717, 1.165) is 27.7 Å². The molecule has 0 saturated carbocycles. The van der Waals surface area contributed by atoms with Gasteiger partial charge in [0, 0.05) is 21.6 Å². The summed E-state index contributed by atoms with van der Waals surface area (Å²) in [5, 5.41) is -5.46. The van der Waals surface area contributed by atoms with Crippen LogP contribution in [0.2, 0.25) is 0 Å². The van der Waals surface area contributed by atoms with Gasteiger partial charge in [-0.2, -0.15) is 0 Å². The molecule has 0 bridgehead atoms. The second kappa shape index (κ2) is 16.3. The molecule has 0 radical (unpaired) electrons. The summed E-state index contributed by atoms with van der Waals surface area (Å²) in [4.78, 5) is 50.4. The molecule has 0 aromatic rings. The van der Waals surface area contributed by atoms with Gasteiger partial charge in [0.25, 0.3) is 0 Å². The Morgan fingerprint density at radius 1 is 0.467 bits per heavy atom. The highest BCUT2D eigenvalue weighted by atomic mass is 32.2. The summed E-state index contributed by atoms with van der Waals surface area (Å²) in [6.07, 6.45) is 0. The zero-order chi connectivity index (χ0) is 35.6. The Hall–Kier alpha value is -3.36. The van der Waals surface area contributed by atoms with Crippen LogP contribution in [0.4, 0.5) is 0 Å². The fourth-order valence-electron chi connectivity index (χ4n) is 2.73. The summed E-state index contributed by atoms with van der Waals surface area (Å²) < 4.78 is 117. The topological polar surface area (TPSA) is 242 Å². The third-order valence-corrected chi connectivity index (χ3v) is 12.9. The van der Waals surface area contributed by atoms with Gasteiger partial charge in [0.15, 0.2) is 60.3 Å². The summed E-state index contributed by atoms with van der Waals surface area (Å²) in [7, 11) is -16.9. The monoisotopic (exact) mass is 720 g/mol. The molecule has 0 saturated heterocycles. The fourth-order valence-corrected chi connectivity index (χ4v) is 5.23. The maximum absolute atomic E-state index is 12.6. The van der Waals surface area contributed by atoms with E-state index < -0.39 is 116 Å². The highest BCUT2D eigenvalue weighted by molar-refractivity contribution is 7.96. The van der Waals surface area contributed by atoms with Crippen LogP contribution in [0.5, 0.6) is 0 Å². The number of hydrogen-bond donors (Lipinski definition) is 0. The zero-order valence-corrected chi connectivity index (χ0v) is 28.2. The molecule has 0 aliphatic heterocycles. The van der Waals surface area contributed by atoms with Crippen molar-refractivity contribution >= 4 is 63.2 Å². The lowest BCUT2D eigenvalue weighted by Gasteiger charge is -2.32. The molecule has 16 nitrogen and oxygen atoms in total. The van der Waals surface area contributed by atoms with E-state index in [4.69, 9.17) is 18.9 Å². The Morgan fingerprint density at radius 3 is 0.756 bits per heavy atom. The summed E-state index contributed by atoms with van der Waals surface area (Å²) >= 11 is 0. The maximum atomic E-state index is 12.6. The van der Waals surface area contributed by atoms with Gasteiger partial charge in [-0.25, -0.2) is 33.7 Å². The van der Waals surface area contributed by atoms with Crippen molar-refractivity contribution in [2.45, 2.75) is 48.7 Å². The Labute approximate surface area is 262 Å². The molecular formula is C25H36O16S4. The second-order valence-corrected chi connectivity index (χ2v) is 18.4. The molecule has 0 fully saturated rings. The highest BCUT2D eigenvalue weighted by Gasteiger charge is 2.42. The van der Waals surface area contributed by atoms with Gasteiger partial charge in [-0.15, -0.1) is 0 Å². The number of esters is 4. The van der Waals surface area contributed by atoms with E-state index in [9.17, 15) is 52.8 Å². The first-order chi connectivity index (χ1) is 20.4. The first kappa shape index (κ1) is 41.6. The van der Waals surface area contributed by atoms with Crippen LogP contribution in [0.15, 0.2) is 47.9 Å². The normalized spacial score (nSPS) is 16.3. The van der Waals surface area contributed by atoms with Gasteiger partial charge in [-0.1, -0.05) is 26.3 Å². The van der Waals surface area contributed by atoms with E-state index in [1.807, 2.05) is 0 Å². The zero-order valence-electron chi connectivity index (χ0n) is 24.9. The van der Waals surface area contributed by atoms with Crippen molar-refractivity contribution in [2.24, 2.45) is 5.41 Å². The van der Waals surface area contributed by atoms with Crippen molar-refractivity contribution in [3.05, 3.63) is 47.9 Å². The van der Waals surface area contributed by atoms with Gasteiger partial charge >= 0.3 is 23.9 Å². The van der Waals surface area contributed by atoms with Gasteiger partial charge in [0.2, 0.25) is 0 Å². The first-order valence-corrected chi connectivity index (χ1v) is 19.0. The maximum Gasteiger partial charge on any atom is 0.324 e. The molecule has 0 aliphatic carbocycles. The van der Waals surface area contributed by atoms with Gasteiger partial charge in [-0.3, -0.25) is 19.2 Å². The van der Waals surface area contributed by atoms with Crippen LogP contribution in [-0.2, 0) is 77.5 Å². The van der Waals surface area contributed by atoms with E-state index >= 15 is 0 Å². The van der Waals surface area contributed by atoms with Gasteiger partial charge in [-0.05, 0) is 27.7 Å². The van der Waals surface area contributed by atoms with Gasteiger partial charge < -0.3 is 18.9 Å². The van der Waals surface area contributed by atoms with Crippen LogP contribution < -0.4 is 0 Å². The molecule has 0 aromatic heterocycles. The lowest BCUT2D eigenvalue weighted by atomic mass is 9.92. The molecular weight excluding hydrogens is 685 g/mol. The van der Waals surface area contributed by atoms with Crippen LogP contribution in [0, 0.1) is 5.41 Å². The van der Waals surface area contributed by atoms with E-state index in [2.05, 4.69) is 26.3 Å². The summed E-state index contributed by atoms with van der Waals surface area (Å²) in [6, 6.07) is 0. The van der Waals surface area contributed by atoms with Crippen molar-refractivity contribution in [1.29, 1.82) is 0 Å². The Balaban J connectivity index is 6.78. The largest absolute Gasteiger partial charge is 0.464 e. The molecule has 4 unspecified atom stereocenters. The molecule has 0 N–H and O–H groups in total. The molecule has 0 rings (SSSR count). The average Bonchev–Trinajstić information content (AvgIpc) is 3.01. The molecule has 0 amide bonds. The minimum absolute atomic E-state index is 0.474. The van der Waals surface area contributed by atoms with Gasteiger partial charge in [0.1, 0.15) is 31.8 Å². The summed E-state index contributed by atoms with van der Waals surface area (Å²) in [6.45, 7) is 11.8. The number of rotatable bonds is 20. The number of carbonyl (C=O) groups is 4. The highest BCUT2D eigenvalue weighted by Crippen LogP contribution is 2.24. The molecule has 0 spiro atoms. The van der Waals surface area contributed by atoms with E-state index in [1.54, 1.807) is 0 Å². The minimum Gasteiger partial charge on any atom is -0.464 e. The Bertz CT molecular complexity index is 1370. The molecule has 0 aromatic carbocycles. The SMILES string of the molecule is C=CS(=O)(=O)C(C)C(=O)OCC(COC(=O)C(C)S(=O)(=O)C=C)(COC(=O)C(C)S(=O)(=O)C=C)COC(=O)C(C)S(=O)(=O)C=C. The van der Waals surface area contributed by atoms with E-state index in [1.165, 1.54) is 0 Å². The standard InChI is InChI=1S/C25H36O16S4/c1-9-42(30,31)17(5)21(26)38-13-25(14-39-22(27)18(6)43(32,33)10-2,15-40-23(28)19(7)44(34,35)11-3)16-41-24(29)20(8)45(36,37)12-4/h9-12,17-20H,1-4,13-16H2,5-8H3. The van der Waals surface area contributed by atoms with Gasteiger partial charge in [0.05, 0.1) is 0 Å². The van der Waals surface area contributed by atoms with Crippen LogP contribution in [0.1, 0.15) is 27.7 Å². The second-order valence-electron chi connectivity index (χ2n) is 9.52. The Morgan fingerprint density at radius 2 is 0.622 bits per heavy atom. The predicted molar refractivity (Wildman–Crippen MR) is 161 cm³/mol. The smallest absolute Gasteiger partial charge is 0.324 e. The first-order valence-electron chi connectivity index (χ1n) is 12.5. The van der Waals surface area contributed by atoms with Crippen molar-refractivity contribution in [3.63, 3.8) is 0 Å². The Kier molecular flexibility index (Phi) is 15.1.